The van der Waals surface area contributed by atoms with Crippen molar-refractivity contribution < 1.29 is 33.4 Å². The molecule has 2 aromatic carbocycles. The summed E-state index contributed by atoms with van der Waals surface area (Å²) in [4.78, 5) is 39.3. The van der Waals surface area contributed by atoms with E-state index in [4.69, 9.17) is 30.5 Å². The number of aliphatic carboxylic acids is 1. The van der Waals surface area contributed by atoms with Crippen LogP contribution in [0.25, 0.3) is 11.5 Å². The summed E-state index contributed by atoms with van der Waals surface area (Å²) in [5.74, 6) is -0.521. The Balaban J connectivity index is 1.71. The van der Waals surface area contributed by atoms with Crippen LogP contribution in [0.5, 0.6) is 5.75 Å². The van der Waals surface area contributed by atoms with E-state index in [0.717, 1.165) is 0 Å². The number of carboxylic acids is 1. The average molecular weight is 510 g/mol. The average Bonchev–Trinajstić information content (AvgIpc) is 3.22. The molecule has 5 N–H and O–H groups in total. The van der Waals surface area contributed by atoms with Gasteiger partial charge in [-0.3, -0.25) is 9.59 Å². The van der Waals surface area contributed by atoms with Crippen molar-refractivity contribution >= 4 is 17.8 Å². The van der Waals surface area contributed by atoms with E-state index in [1.165, 1.54) is 0 Å². The number of carbonyl (C=O) groups is 3. The van der Waals surface area contributed by atoms with Gasteiger partial charge in [-0.1, -0.05) is 6.07 Å². The van der Waals surface area contributed by atoms with Gasteiger partial charge in [-0.2, -0.15) is 0 Å². The van der Waals surface area contributed by atoms with Crippen LogP contribution in [0.1, 0.15) is 59.2 Å². The number of hydrogen-bond acceptors (Lipinski definition) is 8. The Morgan fingerprint density at radius 1 is 1.08 bits per heavy atom. The van der Waals surface area contributed by atoms with E-state index in [2.05, 4.69) is 4.98 Å². The highest BCUT2D eigenvalue weighted by Gasteiger charge is 2.23. The van der Waals surface area contributed by atoms with E-state index in [0.29, 0.717) is 51.8 Å². The molecule has 1 amide bonds. The molecule has 0 fully saturated rings. The summed E-state index contributed by atoms with van der Waals surface area (Å²) in [6.45, 7) is 5.52. The van der Waals surface area contributed by atoms with Crippen molar-refractivity contribution in [2.45, 2.75) is 52.2 Å². The summed E-state index contributed by atoms with van der Waals surface area (Å²) < 4.78 is 16.9. The van der Waals surface area contributed by atoms with Crippen molar-refractivity contribution in [3.05, 3.63) is 70.6 Å². The van der Waals surface area contributed by atoms with Gasteiger partial charge in [0.05, 0.1) is 18.4 Å². The molecule has 1 atom stereocenters. The van der Waals surface area contributed by atoms with Crippen LogP contribution >= 0.6 is 0 Å². The van der Waals surface area contributed by atoms with Gasteiger partial charge in [0.15, 0.2) is 0 Å². The maximum Gasteiger partial charge on any atom is 0.327 e. The zero-order valence-electron chi connectivity index (χ0n) is 21.0. The van der Waals surface area contributed by atoms with E-state index in [9.17, 15) is 14.4 Å². The van der Waals surface area contributed by atoms with Crippen LogP contribution in [0.2, 0.25) is 0 Å². The van der Waals surface area contributed by atoms with Crippen molar-refractivity contribution in [2.24, 2.45) is 11.5 Å². The van der Waals surface area contributed by atoms with E-state index in [1.54, 1.807) is 63.2 Å². The van der Waals surface area contributed by atoms with Crippen LogP contribution in [-0.4, -0.2) is 40.6 Å². The number of esters is 1. The Morgan fingerprint density at radius 3 is 2.41 bits per heavy atom. The fourth-order valence-corrected chi connectivity index (χ4v) is 3.68. The van der Waals surface area contributed by atoms with E-state index < -0.39 is 23.9 Å². The maximum atomic E-state index is 12.4. The van der Waals surface area contributed by atoms with Gasteiger partial charge < -0.3 is 30.5 Å². The highest BCUT2D eigenvalue weighted by atomic mass is 16.5. The second kappa shape index (κ2) is 12.2. The molecule has 0 bridgehead atoms. The van der Waals surface area contributed by atoms with E-state index >= 15 is 0 Å². The molecule has 0 aliphatic rings. The van der Waals surface area contributed by atoms with Crippen molar-refractivity contribution in [3.8, 4) is 17.2 Å². The van der Waals surface area contributed by atoms with Gasteiger partial charge in [-0.25, -0.2) is 9.78 Å². The Labute approximate surface area is 214 Å². The predicted molar refractivity (Wildman–Crippen MR) is 135 cm³/mol. The minimum Gasteiger partial charge on any atom is -0.493 e. The number of hydrogen-bond donors (Lipinski definition) is 3. The standard InChI is InChI=1S/C27H31N3O7/c1-15(2)36-27(34)24(28)21-14-20(10-8-17(21)9-11-23(31)32)35-13-12-22-16(3)37-26(30-22)19-6-4-18(5-7-19)25(29)33/h4-8,10,14-15,24H,9,11-13,28H2,1-3H3,(H2,29,33)(H,31,32). The third-order valence-electron chi connectivity index (χ3n) is 5.58. The number of carboxylic acid groups (broad SMARTS) is 1. The van der Waals surface area contributed by atoms with Crippen LogP contribution in [-0.2, 0) is 27.2 Å². The Morgan fingerprint density at radius 2 is 1.78 bits per heavy atom. The number of oxazole rings is 1. The van der Waals surface area contributed by atoms with E-state index in [1.807, 2.05) is 0 Å². The molecule has 196 valence electrons. The number of primary amides is 1. The summed E-state index contributed by atoms with van der Waals surface area (Å²) in [6, 6.07) is 10.6. The van der Waals surface area contributed by atoms with E-state index in [-0.39, 0.29) is 25.6 Å². The van der Waals surface area contributed by atoms with Crippen LogP contribution in [0, 0.1) is 6.92 Å². The first-order valence-corrected chi connectivity index (χ1v) is 11.8. The fourth-order valence-electron chi connectivity index (χ4n) is 3.68. The molecule has 1 aromatic heterocycles. The maximum absolute atomic E-state index is 12.4. The van der Waals surface area contributed by atoms with Crippen LogP contribution in [0.4, 0.5) is 0 Å². The quantitative estimate of drug-likeness (QED) is 0.310. The number of benzene rings is 2. The molecule has 3 rings (SSSR count). The number of aryl methyl sites for hydroxylation is 2. The molecule has 0 radical (unpaired) electrons. The topological polar surface area (TPSA) is 168 Å². The fraction of sp³-hybridized carbons (Fsp3) is 0.333. The van der Waals surface area contributed by atoms with Gasteiger partial charge in [0.2, 0.25) is 11.8 Å². The molecule has 10 nitrogen and oxygen atoms in total. The second-order valence-electron chi connectivity index (χ2n) is 8.78. The molecule has 0 aliphatic carbocycles. The largest absolute Gasteiger partial charge is 0.493 e. The first-order chi connectivity index (χ1) is 17.5. The third-order valence-corrected chi connectivity index (χ3v) is 5.58. The predicted octanol–water partition coefficient (Wildman–Crippen LogP) is 3.34. The van der Waals surface area contributed by atoms with Crippen LogP contribution < -0.4 is 16.2 Å². The summed E-state index contributed by atoms with van der Waals surface area (Å²) in [5.41, 5.74) is 14.4. The first kappa shape index (κ1) is 27.4. The number of aromatic nitrogens is 1. The molecule has 3 aromatic rings. The van der Waals surface area contributed by atoms with Crippen molar-refractivity contribution in [3.63, 3.8) is 0 Å². The lowest BCUT2D eigenvalue weighted by atomic mass is 9.97. The summed E-state index contributed by atoms with van der Waals surface area (Å²) >= 11 is 0. The highest BCUT2D eigenvalue weighted by Crippen LogP contribution is 2.26. The Kier molecular flexibility index (Phi) is 9.02. The molecule has 10 heteroatoms. The smallest absolute Gasteiger partial charge is 0.327 e. The lowest BCUT2D eigenvalue weighted by Crippen LogP contribution is -2.27. The second-order valence-corrected chi connectivity index (χ2v) is 8.78. The number of amides is 1. The number of carbonyl (C=O) groups excluding carboxylic acids is 2. The van der Waals surface area contributed by atoms with Gasteiger partial charge in [0, 0.05) is 24.0 Å². The van der Waals surface area contributed by atoms with Crippen molar-refractivity contribution in [1.29, 1.82) is 0 Å². The molecule has 37 heavy (non-hydrogen) atoms. The van der Waals surface area contributed by atoms with Gasteiger partial charge in [0.25, 0.3) is 0 Å². The number of rotatable bonds is 12. The first-order valence-electron chi connectivity index (χ1n) is 11.8. The van der Waals surface area contributed by atoms with Crippen molar-refractivity contribution in [1.82, 2.24) is 4.98 Å². The molecular weight excluding hydrogens is 478 g/mol. The highest BCUT2D eigenvalue weighted by molar-refractivity contribution is 5.93. The minimum atomic E-state index is -1.07. The lowest BCUT2D eigenvalue weighted by molar-refractivity contribution is -0.149. The minimum absolute atomic E-state index is 0.0990. The summed E-state index contributed by atoms with van der Waals surface area (Å²) in [5, 5.41) is 9.06. The normalized spacial score (nSPS) is 11.8. The summed E-state index contributed by atoms with van der Waals surface area (Å²) in [7, 11) is 0. The zero-order valence-corrected chi connectivity index (χ0v) is 21.0. The van der Waals surface area contributed by atoms with Crippen LogP contribution in [0.15, 0.2) is 46.9 Å². The molecular formula is C27H31N3O7. The third kappa shape index (κ3) is 7.40. The molecule has 1 heterocycles. The van der Waals surface area contributed by atoms with Gasteiger partial charge in [0.1, 0.15) is 17.6 Å². The van der Waals surface area contributed by atoms with Gasteiger partial charge in [-0.15, -0.1) is 0 Å². The summed E-state index contributed by atoms with van der Waals surface area (Å²) in [6.07, 6.45) is 0.233. The van der Waals surface area contributed by atoms with Gasteiger partial charge >= 0.3 is 11.9 Å². The van der Waals surface area contributed by atoms with Crippen molar-refractivity contribution in [2.75, 3.05) is 6.61 Å². The monoisotopic (exact) mass is 509 g/mol. The molecule has 0 saturated heterocycles. The van der Waals surface area contributed by atoms with Crippen LogP contribution in [0.3, 0.4) is 0 Å². The number of nitrogens with two attached hydrogens (primary N) is 2. The Hall–Kier alpha value is -4.18. The number of ether oxygens (including phenoxy) is 2. The molecule has 1 unspecified atom stereocenters. The SMILES string of the molecule is Cc1oc(-c2ccc(C(N)=O)cc2)nc1CCOc1ccc(CCC(=O)O)c(C(N)C(=O)OC(C)C)c1. The Bertz CT molecular complexity index is 1270. The lowest BCUT2D eigenvalue weighted by Gasteiger charge is -2.18. The number of nitrogens with zero attached hydrogens (tertiary/aromatic N) is 1. The zero-order chi connectivity index (χ0) is 27.1. The molecule has 0 aliphatic heterocycles. The molecule has 0 saturated carbocycles. The molecule has 0 spiro atoms. The van der Waals surface area contributed by atoms with Gasteiger partial charge in [-0.05, 0) is 74.7 Å².